The van der Waals surface area contributed by atoms with Crippen molar-refractivity contribution in [3.63, 3.8) is 0 Å². The van der Waals surface area contributed by atoms with Crippen LogP contribution in [0.4, 0.5) is 5.82 Å². The minimum absolute atomic E-state index is 0.0942. The third-order valence-corrected chi connectivity index (χ3v) is 3.95. The molecule has 5 heteroatoms. The van der Waals surface area contributed by atoms with Crippen molar-refractivity contribution in [1.82, 2.24) is 9.97 Å². The van der Waals surface area contributed by atoms with Gasteiger partial charge in [-0.3, -0.25) is 0 Å². The summed E-state index contributed by atoms with van der Waals surface area (Å²) in [6, 6.07) is 2.28. The lowest BCUT2D eigenvalue weighted by atomic mass is 9.96. The first kappa shape index (κ1) is 16.6. The number of halogens is 1. The molecule has 0 aliphatic heterocycles. The van der Waals surface area contributed by atoms with Gasteiger partial charge in [0.2, 0.25) is 0 Å². The highest BCUT2D eigenvalue weighted by atomic mass is 35.5. The average molecular weight is 302 g/mol. The second-order valence-electron chi connectivity index (χ2n) is 5.86. The van der Waals surface area contributed by atoms with Crippen LogP contribution in [0.2, 0.25) is 5.15 Å². The van der Waals surface area contributed by atoms with Crippen molar-refractivity contribution < 1.29 is 0 Å². The molecule has 1 unspecified atom stereocenters. The molecule has 1 aromatic rings. The molecule has 1 aromatic heterocycles. The van der Waals surface area contributed by atoms with Crippen molar-refractivity contribution in [2.75, 3.05) is 24.0 Å². The molecule has 0 N–H and O–H groups in total. The van der Waals surface area contributed by atoms with Gasteiger partial charge in [-0.2, -0.15) is 11.8 Å². The first-order chi connectivity index (χ1) is 8.75. The van der Waals surface area contributed by atoms with Crippen LogP contribution in [-0.4, -0.2) is 35.1 Å². The van der Waals surface area contributed by atoms with E-state index in [1.165, 1.54) is 0 Å². The Hall–Kier alpha value is -0.480. The fraction of sp³-hybridized carbons (Fsp3) is 0.714. The van der Waals surface area contributed by atoms with Crippen molar-refractivity contribution in [2.45, 2.75) is 45.6 Å². The highest BCUT2D eigenvalue weighted by Crippen LogP contribution is 2.24. The van der Waals surface area contributed by atoms with Crippen molar-refractivity contribution in [3.05, 3.63) is 17.0 Å². The van der Waals surface area contributed by atoms with E-state index in [-0.39, 0.29) is 5.41 Å². The zero-order chi connectivity index (χ0) is 14.6. The topological polar surface area (TPSA) is 29.0 Å². The standard InChI is InChI=1S/C14H24ClN3S/c1-10(7-8-19-6)18(5)12-9-11(15)16-13(17-12)14(2,3)4/h9-10H,7-8H2,1-6H3. The largest absolute Gasteiger partial charge is 0.357 e. The molecule has 1 rings (SSSR count). The maximum absolute atomic E-state index is 6.13. The molecule has 1 atom stereocenters. The fourth-order valence-corrected chi connectivity index (χ4v) is 2.38. The van der Waals surface area contributed by atoms with Gasteiger partial charge in [0, 0.05) is 24.6 Å². The van der Waals surface area contributed by atoms with E-state index in [9.17, 15) is 0 Å². The lowest BCUT2D eigenvalue weighted by Gasteiger charge is -2.27. The number of hydrogen-bond donors (Lipinski definition) is 0. The first-order valence-corrected chi connectivity index (χ1v) is 8.29. The second-order valence-corrected chi connectivity index (χ2v) is 7.24. The normalized spacial score (nSPS) is 13.4. The van der Waals surface area contributed by atoms with Crippen LogP contribution in [-0.2, 0) is 5.41 Å². The number of thioether (sulfide) groups is 1. The van der Waals surface area contributed by atoms with E-state index in [1.54, 1.807) is 0 Å². The summed E-state index contributed by atoms with van der Waals surface area (Å²) in [7, 11) is 2.07. The summed E-state index contributed by atoms with van der Waals surface area (Å²) < 4.78 is 0. The molecule has 1 heterocycles. The van der Waals surface area contributed by atoms with Crippen LogP contribution in [0.3, 0.4) is 0 Å². The summed E-state index contributed by atoms with van der Waals surface area (Å²) in [5.74, 6) is 2.84. The van der Waals surface area contributed by atoms with E-state index in [4.69, 9.17) is 11.6 Å². The van der Waals surface area contributed by atoms with Gasteiger partial charge in [0.1, 0.15) is 16.8 Å². The highest BCUT2D eigenvalue weighted by molar-refractivity contribution is 7.98. The Kier molecular flexibility index (Phi) is 5.93. The van der Waals surface area contributed by atoms with E-state index in [2.05, 4.69) is 55.9 Å². The van der Waals surface area contributed by atoms with Gasteiger partial charge in [-0.25, -0.2) is 9.97 Å². The van der Waals surface area contributed by atoms with E-state index in [1.807, 2.05) is 17.8 Å². The van der Waals surface area contributed by atoms with Gasteiger partial charge in [0.25, 0.3) is 0 Å². The van der Waals surface area contributed by atoms with Crippen molar-refractivity contribution in [2.24, 2.45) is 0 Å². The van der Waals surface area contributed by atoms with Gasteiger partial charge >= 0.3 is 0 Å². The maximum Gasteiger partial charge on any atom is 0.137 e. The third kappa shape index (κ3) is 4.84. The lowest BCUT2D eigenvalue weighted by molar-refractivity contribution is 0.542. The summed E-state index contributed by atoms with van der Waals surface area (Å²) in [6.07, 6.45) is 3.26. The summed E-state index contributed by atoms with van der Waals surface area (Å²) in [5.41, 5.74) is -0.0942. The minimum Gasteiger partial charge on any atom is -0.357 e. The summed E-state index contributed by atoms with van der Waals surface area (Å²) in [6.45, 7) is 8.50. The Morgan fingerprint density at radius 1 is 1.37 bits per heavy atom. The van der Waals surface area contributed by atoms with E-state index in [0.717, 1.165) is 23.8 Å². The Morgan fingerprint density at radius 3 is 2.53 bits per heavy atom. The van der Waals surface area contributed by atoms with Crippen LogP contribution in [0, 0.1) is 0 Å². The Labute approximate surface area is 126 Å². The monoisotopic (exact) mass is 301 g/mol. The van der Waals surface area contributed by atoms with Crippen LogP contribution >= 0.6 is 23.4 Å². The smallest absolute Gasteiger partial charge is 0.137 e. The van der Waals surface area contributed by atoms with Gasteiger partial charge in [-0.05, 0) is 25.4 Å². The van der Waals surface area contributed by atoms with Gasteiger partial charge in [0.15, 0.2) is 0 Å². The molecular formula is C14H24ClN3S. The Balaban J connectivity index is 2.97. The van der Waals surface area contributed by atoms with Crippen LogP contribution in [0.5, 0.6) is 0 Å². The van der Waals surface area contributed by atoms with Crippen molar-refractivity contribution >= 4 is 29.2 Å². The van der Waals surface area contributed by atoms with E-state index in [0.29, 0.717) is 11.2 Å². The SMILES string of the molecule is CSCCC(C)N(C)c1cc(Cl)nc(C(C)(C)C)n1. The maximum atomic E-state index is 6.13. The molecular weight excluding hydrogens is 278 g/mol. The second kappa shape index (κ2) is 6.80. The van der Waals surface area contributed by atoms with Crippen molar-refractivity contribution in [3.8, 4) is 0 Å². The molecule has 0 aliphatic carbocycles. The number of nitrogens with zero attached hydrogens (tertiary/aromatic N) is 3. The summed E-state index contributed by atoms with van der Waals surface area (Å²) >= 11 is 7.99. The number of rotatable bonds is 5. The van der Waals surface area contributed by atoms with E-state index < -0.39 is 0 Å². The molecule has 0 spiro atoms. The molecule has 108 valence electrons. The molecule has 0 aromatic carbocycles. The zero-order valence-electron chi connectivity index (χ0n) is 12.7. The number of hydrogen-bond acceptors (Lipinski definition) is 4. The van der Waals surface area contributed by atoms with Crippen LogP contribution in [0.15, 0.2) is 6.07 Å². The van der Waals surface area contributed by atoms with Crippen LogP contribution in [0.25, 0.3) is 0 Å². The molecule has 3 nitrogen and oxygen atoms in total. The highest BCUT2D eigenvalue weighted by Gasteiger charge is 2.20. The zero-order valence-corrected chi connectivity index (χ0v) is 14.3. The minimum atomic E-state index is -0.0942. The van der Waals surface area contributed by atoms with Gasteiger partial charge in [0.05, 0.1) is 0 Å². The summed E-state index contributed by atoms with van der Waals surface area (Å²) in [4.78, 5) is 11.2. The van der Waals surface area contributed by atoms with Gasteiger partial charge in [-0.15, -0.1) is 0 Å². The molecule has 0 fully saturated rings. The average Bonchev–Trinajstić information content (AvgIpc) is 2.33. The molecule has 0 bridgehead atoms. The number of aromatic nitrogens is 2. The lowest BCUT2D eigenvalue weighted by Crippen LogP contribution is -2.31. The Morgan fingerprint density at radius 2 is 2.00 bits per heavy atom. The number of anilines is 1. The Bertz CT molecular complexity index is 418. The molecule has 0 saturated heterocycles. The molecule has 0 saturated carbocycles. The predicted octanol–water partition coefficient (Wildman–Crippen LogP) is 4.01. The van der Waals surface area contributed by atoms with Crippen molar-refractivity contribution in [1.29, 1.82) is 0 Å². The summed E-state index contributed by atoms with van der Waals surface area (Å²) in [5, 5.41) is 0.513. The van der Waals surface area contributed by atoms with E-state index >= 15 is 0 Å². The quantitative estimate of drug-likeness (QED) is 0.769. The fourth-order valence-electron chi connectivity index (χ4n) is 1.63. The molecule has 0 aliphatic rings. The molecule has 19 heavy (non-hydrogen) atoms. The van der Waals surface area contributed by atoms with Gasteiger partial charge < -0.3 is 4.90 Å². The first-order valence-electron chi connectivity index (χ1n) is 6.52. The van der Waals surface area contributed by atoms with Crippen LogP contribution in [0.1, 0.15) is 39.9 Å². The molecule has 0 radical (unpaired) electrons. The van der Waals surface area contributed by atoms with Gasteiger partial charge in [-0.1, -0.05) is 32.4 Å². The third-order valence-electron chi connectivity index (χ3n) is 3.11. The predicted molar refractivity (Wildman–Crippen MR) is 86.6 cm³/mol. The van der Waals surface area contributed by atoms with Crippen LogP contribution < -0.4 is 4.90 Å². The molecule has 0 amide bonds.